The number of methoxy groups -OCH3 is 1. The number of nitrogens with one attached hydrogen (secondary N) is 1. The second kappa shape index (κ2) is 9.56. The Labute approximate surface area is 158 Å². The first-order valence-corrected chi connectivity index (χ1v) is 9.80. The summed E-state index contributed by atoms with van der Waals surface area (Å²) >= 11 is 5.73. The third-order valence-electron chi connectivity index (χ3n) is 3.56. The summed E-state index contributed by atoms with van der Waals surface area (Å²) in [6.07, 6.45) is 0.529. The minimum absolute atomic E-state index is 0.0354. The molecule has 0 amide bonds. The molecule has 2 rings (SSSR count). The molecule has 0 radical (unpaired) electrons. The zero-order valence-corrected chi connectivity index (χ0v) is 15.8. The van der Waals surface area contributed by atoms with E-state index < -0.39 is 16.0 Å². The summed E-state index contributed by atoms with van der Waals surface area (Å²) in [5.41, 5.74) is 1.02. The van der Waals surface area contributed by atoms with Crippen LogP contribution in [0.1, 0.15) is 12.0 Å². The predicted molar refractivity (Wildman–Crippen MR) is 98.9 cm³/mol. The van der Waals surface area contributed by atoms with E-state index in [4.69, 9.17) is 21.1 Å². The maximum Gasteiger partial charge on any atom is 0.307 e. The molecule has 140 valence electrons. The van der Waals surface area contributed by atoms with E-state index in [1.165, 1.54) is 24.3 Å². The van der Waals surface area contributed by atoms with E-state index in [1.54, 1.807) is 7.11 Å². The first kappa shape index (κ1) is 20.2. The number of halogens is 1. The molecule has 0 bridgehead atoms. The smallest absolute Gasteiger partial charge is 0.307 e. The minimum Gasteiger partial charge on any atom is -0.497 e. The van der Waals surface area contributed by atoms with Gasteiger partial charge in [0.25, 0.3) is 0 Å². The van der Waals surface area contributed by atoms with E-state index >= 15 is 0 Å². The summed E-state index contributed by atoms with van der Waals surface area (Å²) < 4.78 is 36.7. The van der Waals surface area contributed by atoms with E-state index in [0.29, 0.717) is 11.4 Å². The molecule has 0 aliphatic rings. The van der Waals surface area contributed by atoms with Crippen molar-refractivity contribution in [2.24, 2.45) is 0 Å². The first-order chi connectivity index (χ1) is 12.4. The van der Waals surface area contributed by atoms with Crippen molar-refractivity contribution >= 4 is 27.6 Å². The molecule has 26 heavy (non-hydrogen) atoms. The maximum absolute atomic E-state index is 12.1. The van der Waals surface area contributed by atoms with Gasteiger partial charge in [0.15, 0.2) is 0 Å². The van der Waals surface area contributed by atoms with Crippen molar-refractivity contribution in [3.8, 4) is 5.75 Å². The van der Waals surface area contributed by atoms with Gasteiger partial charge in [0.1, 0.15) is 5.75 Å². The van der Waals surface area contributed by atoms with Gasteiger partial charge < -0.3 is 9.47 Å². The standard InChI is InChI=1S/C18H20ClNO5S/c1-24-16-6-2-14(3-7-16)11-13-25-18(21)10-12-20-26(22,23)17-8-4-15(19)5-9-17/h2-9,20H,10-13H2,1H3. The third-order valence-corrected chi connectivity index (χ3v) is 5.29. The number of carbonyl (C=O) groups is 1. The van der Waals surface area contributed by atoms with E-state index in [0.717, 1.165) is 11.3 Å². The molecule has 0 unspecified atom stereocenters. The van der Waals surface area contributed by atoms with Crippen molar-refractivity contribution < 1.29 is 22.7 Å². The zero-order chi connectivity index (χ0) is 19.0. The lowest BCUT2D eigenvalue weighted by Gasteiger charge is -2.08. The average molecular weight is 398 g/mol. The Hall–Kier alpha value is -2.09. The van der Waals surface area contributed by atoms with Crippen LogP contribution in [0, 0.1) is 0 Å². The summed E-state index contributed by atoms with van der Waals surface area (Å²) in [5.74, 6) is 0.302. The molecule has 8 heteroatoms. The molecule has 0 aliphatic heterocycles. The number of hydrogen-bond acceptors (Lipinski definition) is 5. The van der Waals surface area contributed by atoms with Crippen LogP contribution in [-0.2, 0) is 26.0 Å². The predicted octanol–water partition coefficient (Wildman–Crippen LogP) is 2.80. The van der Waals surface area contributed by atoms with Crippen molar-refractivity contribution in [3.05, 3.63) is 59.1 Å². The van der Waals surface area contributed by atoms with Crippen LogP contribution in [0.4, 0.5) is 0 Å². The molecular formula is C18H20ClNO5S. The lowest BCUT2D eigenvalue weighted by atomic mass is 10.1. The lowest BCUT2D eigenvalue weighted by molar-refractivity contribution is -0.143. The normalized spacial score (nSPS) is 11.2. The summed E-state index contributed by atoms with van der Waals surface area (Å²) in [6, 6.07) is 13.2. The number of benzene rings is 2. The maximum atomic E-state index is 12.1. The molecule has 2 aromatic carbocycles. The molecule has 0 fully saturated rings. The molecule has 0 saturated heterocycles. The summed E-state index contributed by atoms with van der Waals surface area (Å²) in [7, 11) is -2.08. The molecule has 0 spiro atoms. The topological polar surface area (TPSA) is 81.7 Å². The number of rotatable bonds is 9. The van der Waals surface area contributed by atoms with Crippen molar-refractivity contribution in [2.75, 3.05) is 20.3 Å². The Morgan fingerprint density at radius 2 is 1.73 bits per heavy atom. The van der Waals surface area contributed by atoms with Gasteiger partial charge in [0.05, 0.1) is 25.0 Å². The van der Waals surface area contributed by atoms with E-state index in [-0.39, 0.29) is 24.5 Å². The van der Waals surface area contributed by atoms with Crippen molar-refractivity contribution in [3.63, 3.8) is 0 Å². The highest BCUT2D eigenvalue weighted by Gasteiger charge is 2.14. The SMILES string of the molecule is COc1ccc(CCOC(=O)CCNS(=O)(=O)c2ccc(Cl)cc2)cc1. The summed E-state index contributed by atoms with van der Waals surface area (Å²) in [6.45, 7) is 0.196. The van der Waals surface area contributed by atoms with Crippen molar-refractivity contribution in [1.29, 1.82) is 0 Å². The molecule has 0 aliphatic carbocycles. The number of ether oxygens (including phenoxy) is 2. The van der Waals surface area contributed by atoms with Gasteiger partial charge in [-0.3, -0.25) is 4.79 Å². The van der Waals surface area contributed by atoms with Gasteiger partial charge >= 0.3 is 5.97 Å². The van der Waals surface area contributed by atoms with Crippen LogP contribution in [0.2, 0.25) is 5.02 Å². The molecule has 1 N–H and O–H groups in total. The van der Waals surface area contributed by atoms with Gasteiger partial charge in [-0.1, -0.05) is 23.7 Å². The zero-order valence-electron chi connectivity index (χ0n) is 14.3. The minimum atomic E-state index is -3.67. The highest BCUT2D eigenvalue weighted by Crippen LogP contribution is 2.14. The van der Waals surface area contributed by atoms with E-state index in [9.17, 15) is 13.2 Å². The summed E-state index contributed by atoms with van der Waals surface area (Å²) in [4.78, 5) is 11.8. The second-order valence-electron chi connectivity index (χ2n) is 5.42. The largest absolute Gasteiger partial charge is 0.497 e. The Balaban J connectivity index is 1.70. The number of esters is 1. The fraction of sp³-hybridized carbons (Fsp3) is 0.278. The van der Waals surface area contributed by atoms with Gasteiger partial charge in [-0.05, 0) is 42.0 Å². The van der Waals surface area contributed by atoms with Gasteiger partial charge in [-0.15, -0.1) is 0 Å². The highest BCUT2D eigenvalue weighted by atomic mass is 35.5. The molecule has 0 atom stereocenters. The quantitative estimate of drug-likeness (QED) is 0.658. The average Bonchev–Trinajstić information content (AvgIpc) is 2.62. The Morgan fingerprint density at radius 3 is 2.35 bits per heavy atom. The monoisotopic (exact) mass is 397 g/mol. The molecule has 6 nitrogen and oxygen atoms in total. The van der Waals surface area contributed by atoms with Crippen LogP contribution in [-0.4, -0.2) is 34.6 Å². The fourth-order valence-electron chi connectivity index (χ4n) is 2.13. The van der Waals surface area contributed by atoms with Gasteiger partial charge in [-0.25, -0.2) is 13.1 Å². The second-order valence-corrected chi connectivity index (χ2v) is 7.62. The van der Waals surface area contributed by atoms with Gasteiger partial charge in [0.2, 0.25) is 10.0 Å². The van der Waals surface area contributed by atoms with Crippen LogP contribution >= 0.6 is 11.6 Å². The number of hydrogen-bond donors (Lipinski definition) is 1. The first-order valence-electron chi connectivity index (χ1n) is 7.94. The Bertz CT molecular complexity index is 820. The molecule has 0 heterocycles. The summed E-state index contributed by atoms with van der Waals surface area (Å²) in [5, 5.41) is 0.449. The number of carbonyl (C=O) groups excluding carboxylic acids is 1. The van der Waals surface area contributed by atoms with Crippen LogP contribution in [0.25, 0.3) is 0 Å². The van der Waals surface area contributed by atoms with Crippen LogP contribution in [0.15, 0.2) is 53.4 Å². The Kier molecular flexibility index (Phi) is 7.44. The van der Waals surface area contributed by atoms with Gasteiger partial charge in [-0.2, -0.15) is 0 Å². The van der Waals surface area contributed by atoms with Crippen molar-refractivity contribution in [2.45, 2.75) is 17.7 Å². The molecule has 0 aromatic heterocycles. The van der Waals surface area contributed by atoms with Crippen LogP contribution in [0.5, 0.6) is 5.75 Å². The molecule has 0 saturated carbocycles. The van der Waals surface area contributed by atoms with Gasteiger partial charge in [0, 0.05) is 18.0 Å². The molecule has 2 aromatic rings. The Morgan fingerprint density at radius 1 is 1.08 bits per heavy atom. The van der Waals surface area contributed by atoms with Crippen molar-refractivity contribution in [1.82, 2.24) is 4.72 Å². The van der Waals surface area contributed by atoms with E-state index in [2.05, 4.69) is 4.72 Å². The van der Waals surface area contributed by atoms with E-state index in [1.807, 2.05) is 24.3 Å². The number of sulfonamides is 1. The van der Waals surface area contributed by atoms with Crippen LogP contribution in [0.3, 0.4) is 0 Å². The fourth-order valence-corrected chi connectivity index (χ4v) is 3.29. The third kappa shape index (κ3) is 6.33. The molecular weight excluding hydrogens is 378 g/mol. The highest BCUT2D eigenvalue weighted by molar-refractivity contribution is 7.89. The lowest BCUT2D eigenvalue weighted by Crippen LogP contribution is -2.26. The van der Waals surface area contributed by atoms with Crippen LogP contribution < -0.4 is 9.46 Å².